The van der Waals surface area contributed by atoms with Crippen molar-refractivity contribution in [1.29, 1.82) is 0 Å². The number of Topliss-reactive ketones (excluding diaryl/α,β-unsaturated/α-hetero) is 1. The SMILES string of the molecule is CC(C)CC1(C(=O)c2cc(F)c(Cl)c(Cl)c2)CCNCC1. The van der Waals surface area contributed by atoms with E-state index < -0.39 is 11.2 Å². The second kappa shape index (κ2) is 6.64. The van der Waals surface area contributed by atoms with E-state index in [0.717, 1.165) is 32.4 Å². The van der Waals surface area contributed by atoms with Gasteiger partial charge < -0.3 is 5.32 Å². The minimum atomic E-state index is -0.638. The van der Waals surface area contributed by atoms with Crippen molar-refractivity contribution < 1.29 is 9.18 Å². The number of ketones is 1. The van der Waals surface area contributed by atoms with Crippen LogP contribution in [-0.2, 0) is 0 Å². The van der Waals surface area contributed by atoms with E-state index in [2.05, 4.69) is 19.2 Å². The first-order chi connectivity index (χ1) is 9.85. The predicted octanol–water partition coefficient (Wildman–Crippen LogP) is 4.73. The van der Waals surface area contributed by atoms with Gasteiger partial charge in [-0.15, -0.1) is 0 Å². The molecule has 5 heteroatoms. The fraction of sp³-hybridized carbons (Fsp3) is 0.562. The second-order valence-electron chi connectivity index (χ2n) is 6.21. The van der Waals surface area contributed by atoms with Gasteiger partial charge in [-0.3, -0.25) is 4.79 Å². The number of rotatable bonds is 4. The smallest absolute Gasteiger partial charge is 0.169 e. The van der Waals surface area contributed by atoms with Gasteiger partial charge in [-0.05, 0) is 50.4 Å². The summed E-state index contributed by atoms with van der Waals surface area (Å²) < 4.78 is 13.8. The minimum Gasteiger partial charge on any atom is -0.317 e. The van der Waals surface area contributed by atoms with E-state index in [-0.39, 0.29) is 15.8 Å². The molecule has 1 heterocycles. The molecule has 2 nitrogen and oxygen atoms in total. The van der Waals surface area contributed by atoms with Crippen LogP contribution in [0.1, 0.15) is 43.5 Å². The van der Waals surface area contributed by atoms with Gasteiger partial charge in [0.15, 0.2) is 5.78 Å². The first-order valence-electron chi connectivity index (χ1n) is 7.26. The van der Waals surface area contributed by atoms with E-state index in [1.54, 1.807) is 0 Å². The fourth-order valence-electron chi connectivity index (χ4n) is 3.20. The maximum Gasteiger partial charge on any atom is 0.169 e. The third-order valence-electron chi connectivity index (χ3n) is 4.09. The summed E-state index contributed by atoms with van der Waals surface area (Å²) in [7, 11) is 0. The molecule has 1 aromatic rings. The molecule has 1 aliphatic heterocycles. The molecule has 0 spiro atoms. The summed E-state index contributed by atoms with van der Waals surface area (Å²) in [5.74, 6) is -0.254. The van der Waals surface area contributed by atoms with Crippen LogP contribution in [0, 0.1) is 17.2 Å². The van der Waals surface area contributed by atoms with Crippen LogP contribution in [0.5, 0.6) is 0 Å². The molecule has 0 bridgehead atoms. The van der Waals surface area contributed by atoms with Crippen LogP contribution in [0.25, 0.3) is 0 Å². The number of carbonyl (C=O) groups excluding carboxylic acids is 1. The second-order valence-corrected chi connectivity index (χ2v) is 7.00. The molecule has 1 aliphatic rings. The molecule has 116 valence electrons. The Morgan fingerprint density at radius 2 is 1.95 bits per heavy atom. The highest BCUT2D eigenvalue weighted by atomic mass is 35.5. The van der Waals surface area contributed by atoms with Crippen molar-refractivity contribution in [2.75, 3.05) is 13.1 Å². The quantitative estimate of drug-likeness (QED) is 0.638. The highest BCUT2D eigenvalue weighted by Crippen LogP contribution is 2.40. The lowest BCUT2D eigenvalue weighted by molar-refractivity contribution is 0.0674. The normalized spacial score (nSPS) is 18.0. The summed E-state index contributed by atoms with van der Waals surface area (Å²) in [4.78, 5) is 13.0. The van der Waals surface area contributed by atoms with Crippen LogP contribution in [0.4, 0.5) is 4.39 Å². The Kier molecular flexibility index (Phi) is 5.29. The Bertz CT molecular complexity index is 516. The summed E-state index contributed by atoms with van der Waals surface area (Å²) in [6, 6.07) is 2.69. The number of nitrogens with one attached hydrogen (secondary N) is 1. The van der Waals surface area contributed by atoms with Crippen molar-refractivity contribution in [2.24, 2.45) is 11.3 Å². The molecule has 0 amide bonds. The largest absolute Gasteiger partial charge is 0.317 e. The zero-order valence-corrected chi connectivity index (χ0v) is 13.8. The van der Waals surface area contributed by atoms with Gasteiger partial charge in [-0.25, -0.2) is 4.39 Å². The molecule has 2 rings (SSSR count). The highest BCUT2D eigenvalue weighted by Gasteiger charge is 2.40. The number of carbonyl (C=O) groups is 1. The van der Waals surface area contributed by atoms with E-state index >= 15 is 0 Å². The number of benzene rings is 1. The highest BCUT2D eigenvalue weighted by molar-refractivity contribution is 6.42. The summed E-state index contributed by atoms with van der Waals surface area (Å²) in [6.45, 7) is 5.82. The molecular weight excluding hydrogens is 312 g/mol. The van der Waals surface area contributed by atoms with Crippen LogP contribution in [0.2, 0.25) is 10.0 Å². The molecule has 1 saturated heterocycles. The maximum atomic E-state index is 13.8. The molecule has 1 fully saturated rings. The Balaban J connectivity index is 2.38. The van der Waals surface area contributed by atoms with Gasteiger partial charge in [0.05, 0.1) is 10.0 Å². The van der Waals surface area contributed by atoms with Gasteiger partial charge >= 0.3 is 0 Å². The van der Waals surface area contributed by atoms with Crippen LogP contribution >= 0.6 is 23.2 Å². The monoisotopic (exact) mass is 331 g/mol. The molecule has 0 aromatic heterocycles. The number of piperidine rings is 1. The fourth-order valence-corrected chi connectivity index (χ4v) is 3.52. The van der Waals surface area contributed by atoms with E-state index in [1.165, 1.54) is 12.1 Å². The molecule has 1 N–H and O–H groups in total. The van der Waals surface area contributed by atoms with Gasteiger partial charge in [0, 0.05) is 11.0 Å². The third-order valence-corrected chi connectivity index (χ3v) is 4.87. The maximum absolute atomic E-state index is 13.8. The summed E-state index contributed by atoms with van der Waals surface area (Å²) in [6.07, 6.45) is 2.34. The minimum absolute atomic E-state index is 0.0184. The molecule has 1 aromatic carbocycles. The molecule has 0 aliphatic carbocycles. The summed E-state index contributed by atoms with van der Waals surface area (Å²) in [5.41, 5.74) is -0.104. The lowest BCUT2D eigenvalue weighted by Crippen LogP contribution is -2.43. The van der Waals surface area contributed by atoms with Crippen LogP contribution in [-0.4, -0.2) is 18.9 Å². The molecular formula is C16H20Cl2FNO. The van der Waals surface area contributed by atoms with Gasteiger partial charge in [0.2, 0.25) is 0 Å². The summed E-state index contributed by atoms with van der Waals surface area (Å²) in [5, 5.41) is 3.24. The average molecular weight is 332 g/mol. The Labute approximate surface area is 135 Å². The van der Waals surface area contributed by atoms with Crippen LogP contribution in [0.15, 0.2) is 12.1 Å². The zero-order chi connectivity index (χ0) is 15.6. The molecule has 0 radical (unpaired) electrons. The van der Waals surface area contributed by atoms with Crippen LogP contribution < -0.4 is 5.32 Å². The first kappa shape index (κ1) is 16.7. The van der Waals surface area contributed by atoms with Gasteiger partial charge in [-0.2, -0.15) is 0 Å². The number of hydrogen-bond acceptors (Lipinski definition) is 2. The van der Waals surface area contributed by atoms with Gasteiger partial charge in [-0.1, -0.05) is 37.0 Å². The topological polar surface area (TPSA) is 29.1 Å². The van der Waals surface area contributed by atoms with Gasteiger partial charge in [0.1, 0.15) is 5.82 Å². The van der Waals surface area contributed by atoms with Crippen molar-refractivity contribution in [2.45, 2.75) is 33.1 Å². The zero-order valence-electron chi connectivity index (χ0n) is 12.3. The third kappa shape index (κ3) is 3.58. The van der Waals surface area contributed by atoms with Crippen molar-refractivity contribution >= 4 is 29.0 Å². The molecule has 0 saturated carbocycles. The van der Waals surface area contributed by atoms with E-state index in [4.69, 9.17) is 23.2 Å². The Hall–Kier alpha value is -0.640. The van der Waals surface area contributed by atoms with E-state index in [9.17, 15) is 9.18 Å². The molecule has 0 unspecified atom stereocenters. The molecule has 0 atom stereocenters. The van der Waals surface area contributed by atoms with Crippen molar-refractivity contribution in [3.8, 4) is 0 Å². The van der Waals surface area contributed by atoms with Gasteiger partial charge in [0.25, 0.3) is 0 Å². The van der Waals surface area contributed by atoms with E-state index in [1.807, 2.05) is 0 Å². The van der Waals surface area contributed by atoms with Crippen molar-refractivity contribution in [3.05, 3.63) is 33.6 Å². The average Bonchev–Trinajstić information content (AvgIpc) is 2.43. The Morgan fingerprint density at radius 1 is 1.33 bits per heavy atom. The van der Waals surface area contributed by atoms with E-state index in [0.29, 0.717) is 11.5 Å². The first-order valence-corrected chi connectivity index (χ1v) is 8.01. The Morgan fingerprint density at radius 3 is 2.48 bits per heavy atom. The standard InChI is InChI=1S/C16H20Cl2FNO/c1-10(2)9-16(3-5-20-6-4-16)15(21)11-7-12(17)14(18)13(19)8-11/h7-8,10,20H,3-6,9H2,1-2H3. The molecule has 21 heavy (non-hydrogen) atoms. The number of hydrogen-bond donors (Lipinski definition) is 1. The van der Waals surface area contributed by atoms with Crippen molar-refractivity contribution in [1.82, 2.24) is 5.32 Å². The predicted molar refractivity (Wildman–Crippen MR) is 84.7 cm³/mol. The van der Waals surface area contributed by atoms with Crippen molar-refractivity contribution in [3.63, 3.8) is 0 Å². The van der Waals surface area contributed by atoms with Crippen LogP contribution in [0.3, 0.4) is 0 Å². The number of halogens is 3. The summed E-state index contributed by atoms with van der Waals surface area (Å²) >= 11 is 11.6. The lowest BCUT2D eigenvalue weighted by atomic mass is 9.68. The lowest BCUT2D eigenvalue weighted by Gasteiger charge is -2.37.